The number of anilines is 1. The standard InChI is InChI=1S/C22H26N2O2S/c1-3-4-13-22(14-12-16-8-5-6-10-18(16)22)19-15-23-21-17(19)9-7-11-20(21)24-27(2,25)26/h5-11,15,23-24H,3-4,12-14H2,1-2H3. The molecule has 1 unspecified atom stereocenters. The summed E-state index contributed by atoms with van der Waals surface area (Å²) in [5.41, 5.74) is 5.62. The van der Waals surface area contributed by atoms with Crippen molar-refractivity contribution in [2.75, 3.05) is 11.0 Å². The van der Waals surface area contributed by atoms with Crippen molar-refractivity contribution >= 4 is 26.6 Å². The number of fused-ring (bicyclic) bond motifs is 2. The number of unbranched alkanes of at least 4 members (excludes halogenated alkanes) is 1. The first-order valence-electron chi connectivity index (χ1n) is 9.61. The topological polar surface area (TPSA) is 62.0 Å². The smallest absolute Gasteiger partial charge is 0.229 e. The second kappa shape index (κ2) is 6.71. The summed E-state index contributed by atoms with van der Waals surface area (Å²) in [6.45, 7) is 2.23. The fourth-order valence-electron chi connectivity index (χ4n) is 4.68. The van der Waals surface area contributed by atoms with E-state index in [2.05, 4.69) is 53.2 Å². The number of para-hydroxylation sites is 1. The molecule has 0 saturated heterocycles. The van der Waals surface area contributed by atoms with E-state index >= 15 is 0 Å². The molecule has 0 saturated carbocycles. The fraction of sp³-hybridized carbons (Fsp3) is 0.364. The van der Waals surface area contributed by atoms with Crippen LogP contribution in [0.2, 0.25) is 0 Å². The van der Waals surface area contributed by atoms with E-state index in [0.29, 0.717) is 5.69 Å². The highest BCUT2D eigenvalue weighted by molar-refractivity contribution is 7.92. The largest absolute Gasteiger partial charge is 0.359 e. The summed E-state index contributed by atoms with van der Waals surface area (Å²) in [5, 5.41) is 1.11. The van der Waals surface area contributed by atoms with Crippen LogP contribution in [0.4, 0.5) is 5.69 Å². The molecular formula is C22H26N2O2S. The number of sulfonamides is 1. The Bertz CT molecular complexity index is 1080. The quantitative estimate of drug-likeness (QED) is 0.633. The van der Waals surface area contributed by atoms with Crippen LogP contribution in [0.5, 0.6) is 0 Å². The van der Waals surface area contributed by atoms with E-state index in [0.717, 1.165) is 36.6 Å². The SMILES string of the molecule is CCCCC1(c2c[nH]c3c(NS(C)(=O)=O)cccc23)CCc2ccccc21. The minimum absolute atomic E-state index is 0.00539. The lowest BCUT2D eigenvalue weighted by molar-refractivity contribution is 0.452. The van der Waals surface area contributed by atoms with Crippen molar-refractivity contribution in [3.05, 3.63) is 65.4 Å². The Kier molecular flexibility index (Phi) is 4.50. The second-order valence-corrected chi connectivity index (χ2v) is 9.40. The molecule has 1 heterocycles. The molecule has 0 spiro atoms. The van der Waals surface area contributed by atoms with Crippen LogP contribution in [0.25, 0.3) is 10.9 Å². The number of rotatable bonds is 6. The molecule has 5 heteroatoms. The van der Waals surface area contributed by atoms with Crippen molar-refractivity contribution in [2.45, 2.75) is 44.4 Å². The molecule has 2 aromatic carbocycles. The van der Waals surface area contributed by atoms with Crippen LogP contribution in [0.1, 0.15) is 49.3 Å². The lowest BCUT2D eigenvalue weighted by Crippen LogP contribution is -2.24. The van der Waals surface area contributed by atoms with Gasteiger partial charge in [0.1, 0.15) is 0 Å². The van der Waals surface area contributed by atoms with E-state index in [1.54, 1.807) is 0 Å². The van der Waals surface area contributed by atoms with Gasteiger partial charge in [-0.1, -0.05) is 56.2 Å². The molecule has 27 heavy (non-hydrogen) atoms. The van der Waals surface area contributed by atoms with Crippen molar-refractivity contribution in [1.82, 2.24) is 4.98 Å². The molecule has 142 valence electrons. The number of benzene rings is 2. The molecule has 3 aromatic rings. The average molecular weight is 383 g/mol. The molecule has 0 amide bonds. The third-order valence-corrected chi connectivity index (χ3v) is 6.43. The van der Waals surface area contributed by atoms with Gasteiger partial charge in [-0.15, -0.1) is 0 Å². The molecule has 2 N–H and O–H groups in total. The van der Waals surface area contributed by atoms with Crippen molar-refractivity contribution < 1.29 is 8.42 Å². The molecule has 1 aromatic heterocycles. The van der Waals surface area contributed by atoms with E-state index in [1.165, 1.54) is 29.4 Å². The summed E-state index contributed by atoms with van der Waals surface area (Å²) in [5.74, 6) is 0. The summed E-state index contributed by atoms with van der Waals surface area (Å²) in [7, 11) is -3.33. The van der Waals surface area contributed by atoms with Crippen molar-refractivity contribution in [2.24, 2.45) is 0 Å². The summed E-state index contributed by atoms with van der Waals surface area (Å²) >= 11 is 0. The van der Waals surface area contributed by atoms with Gasteiger partial charge < -0.3 is 4.98 Å². The van der Waals surface area contributed by atoms with Gasteiger partial charge in [0.15, 0.2) is 0 Å². The highest BCUT2D eigenvalue weighted by atomic mass is 32.2. The number of aromatic nitrogens is 1. The zero-order chi connectivity index (χ0) is 19.1. The Labute approximate surface area is 161 Å². The van der Waals surface area contributed by atoms with Gasteiger partial charge >= 0.3 is 0 Å². The van der Waals surface area contributed by atoms with E-state index in [1.807, 2.05) is 12.1 Å². The van der Waals surface area contributed by atoms with E-state index in [9.17, 15) is 8.42 Å². The molecule has 1 aliphatic carbocycles. The maximum Gasteiger partial charge on any atom is 0.229 e. The molecule has 0 bridgehead atoms. The second-order valence-electron chi connectivity index (χ2n) is 7.65. The molecule has 4 rings (SSSR count). The normalized spacial score (nSPS) is 19.3. The Morgan fingerprint density at radius 1 is 1.11 bits per heavy atom. The summed E-state index contributed by atoms with van der Waals surface area (Å²) < 4.78 is 26.1. The maximum atomic E-state index is 11.8. The minimum Gasteiger partial charge on any atom is -0.359 e. The Balaban J connectivity index is 1.90. The number of nitrogens with one attached hydrogen (secondary N) is 2. The minimum atomic E-state index is -3.33. The molecule has 0 aliphatic heterocycles. The zero-order valence-electron chi connectivity index (χ0n) is 15.9. The van der Waals surface area contributed by atoms with Crippen molar-refractivity contribution in [1.29, 1.82) is 0 Å². The number of hydrogen-bond acceptors (Lipinski definition) is 2. The molecule has 1 atom stereocenters. The number of hydrogen-bond donors (Lipinski definition) is 2. The Hall–Kier alpha value is -2.27. The first-order chi connectivity index (χ1) is 12.9. The van der Waals surface area contributed by atoms with E-state index in [-0.39, 0.29) is 5.41 Å². The third kappa shape index (κ3) is 3.14. The lowest BCUT2D eigenvalue weighted by atomic mass is 9.72. The summed E-state index contributed by atoms with van der Waals surface area (Å²) in [4.78, 5) is 3.36. The summed E-state index contributed by atoms with van der Waals surface area (Å²) in [6, 6.07) is 14.6. The molecule has 1 aliphatic rings. The van der Waals surface area contributed by atoms with Crippen molar-refractivity contribution in [3.63, 3.8) is 0 Å². The highest BCUT2D eigenvalue weighted by Crippen LogP contribution is 2.50. The molecular weight excluding hydrogens is 356 g/mol. The molecule has 4 nitrogen and oxygen atoms in total. The van der Waals surface area contributed by atoms with Crippen LogP contribution in [0, 0.1) is 0 Å². The van der Waals surface area contributed by atoms with Crippen LogP contribution in [-0.4, -0.2) is 19.7 Å². The van der Waals surface area contributed by atoms with Crippen LogP contribution in [0.3, 0.4) is 0 Å². The number of H-pyrrole nitrogens is 1. The third-order valence-electron chi connectivity index (χ3n) is 5.84. The monoisotopic (exact) mass is 382 g/mol. The van der Waals surface area contributed by atoms with Gasteiger partial charge in [-0.2, -0.15) is 0 Å². The first kappa shape index (κ1) is 18.1. The predicted molar refractivity (Wildman–Crippen MR) is 112 cm³/mol. The van der Waals surface area contributed by atoms with Gasteiger partial charge in [0.2, 0.25) is 10.0 Å². The van der Waals surface area contributed by atoms with Crippen LogP contribution < -0.4 is 4.72 Å². The van der Waals surface area contributed by atoms with Crippen molar-refractivity contribution in [3.8, 4) is 0 Å². The van der Waals surface area contributed by atoms with E-state index < -0.39 is 10.0 Å². The van der Waals surface area contributed by atoms with Gasteiger partial charge in [0.25, 0.3) is 0 Å². The first-order valence-corrected chi connectivity index (χ1v) is 11.5. The fourth-order valence-corrected chi connectivity index (χ4v) is 5.25. The average Bonchev–Trinajstić information content (AvgIpc) is 3.22. The van der Waals surface area contributed by atoms with Crippen LogP contribution in [-0.2, 0) is 21.9 Å². The van der Waals surface area contributed by atoms with E-state index in [4.69, 9.17) is 0 Å². The maximum absolute atomic E-state index is 11.8. The lowest BCUT2D eigenvalue weighted by Gasteiger charge is -2.31. The van der Waals surface area contributed by atoms with Gasteiger partial charge in [0, 0.05) is 17.0 Å². The molecule has 0 radical (unpaired) electrons. The Morgan fingerprint density at radius 3 is 2.70 bits per heavy atom. The predicted octanol–water partition coefficient (Wildman–Crippen LogP) is 4.96. The van der Waals surface area contributed by atoms with Crippen LogP contribution in [0.15, 0.2) is 48.7 Å². The van der Waals surface area contributed by atoms with Gasteiger partial charge in [0.05, 0.1) is 17.5 Å². The van der Waals surface area contributed by atoms with Gasteiger partial charge in [-0.05, 0) is 42.0 Å². The zero-order valence-corrected chi connectivity index (χ0v) is 16.7. The summed E-state index contributed by atoms with van der Waals surface area (Å²) in [6.07, 6.45) is 8.91. The van der Waals surface area contributed by atoms with Crippen LogP contribution >= 0.6 is 0 Å². The number of aromatic amines is 1. The van der Waals surface area contributed by atoms with Gasteiger partial charge in [-0.25, -0.2) is 8.42 Å². The highest BCUT2D eigenvalue weighted by Gasteiger charge is 2.41. The van der Waals surface area contributed by atoms with Gasteiger partial charge in [-0.3, -0.25) is 4.72 Å². The Morgan fingerprint density at radius 2 is 1.93 bits per heavy atom. The number of aryl methyl sites for hydroxylation is 1. The molecule has 0 fully saturated rings.